The molecule has 1 nitrogen and oxygen atoms in total. The first-order valence-corrected chi connectivity index (χ1v) is 4.76. The fraction of sp³-hybridized carbons (Fsp3) is 0.167. The molecule has 0 spiro atoms. The minimum atomic E-state index is -4.35. The van der Waals surface area contributed by atoms with E-state index < -0.39 is 11.7 Å². The van der Waals surface area contributed by atoms with Crippen molar-refractivity contribution in [3.8, 4) is 0 Å². The quantitative estimate of drug-likeness (QED) is 0.679. The van der Waals surface area contributed by atoms with Gasteiger partial charge in [-0.1, -0.05) is 24.3 Å². The average Bonchev–Trinajstić information content (AvgIpc) is 2.15. The zero-order valence-electron chi connectivity index (χ0n) is 8.60. The molecule has 0 aliphatic carbocycles. The van der Waals surface area contributed by atoms with Gasteiger partial charge in [-0.25, -0.2) is 0 Å². The smallest absolute Gasteiger partial charge is 0.398 e. The van der Waals surface area contributed by atoms with Crippen LogP contribution in [0, 0.1) is 6.92 Å². The Kier molecular flexibility index (Phi) is 2.30. The van der Waals surface area contributed by atoms with Gasteiger partial charge >= 0.3 is 6.18 Å². The van der Waals surface area contributed by atoms with E-state index in [-0.39, 0.29) is 10.9 Å². The zero-order valence-corrected chi connectivity index (χ0v) is 8.60. The Morgan fingerprint density at radius 2 is 1.62 bits per heavy atom. The highest BCUT2D eigenvalue weighted by Gasteiger charge is 2.34. The lowest BCUT2D eigenvalue weighted by Gasteiger charge is -2.15. The fourth-order valence-corrected chi connectivity index (χ4v) is 1.92. The van der Waals surface area contributed by atoms with Crippen molar-refractivity contribution < 1.29 is 13.2 Å². The van der Waals surface area contributed by atoms with Crippen molar-refractivity contribution in [2.24, 2.45) is 0 Å². The first-order valence-electron chi connectivity index (χ1n) is 4.76. The lowest BCUT2D eigenvalue weighted by Crippen LogP contribution is -2.09. The van der Waals surface area contributed by atoms with Gasteiger partial charge in [-0.05, 0) is 23.9 Å². The third kappa shape index (κ3) is 1.60. The van der Waals surface area contributed by atoms with Gasteiger partial charge in [0.05, 0.1) is 5.56 Å². The van der Waals surface area contributed by atoms with E-state index >= 15 is 0 Å². The second kappa shape index (κ2) is 3.40. The number of hydrogen-bond acceptors (Lipinski definition) is 1. The standard InChI is InChI=1S/C12H10F3N/c1-7-6-10(16)8-4-2-3-5-9(8)11(7)12(13,14)15/h2-6H,16H2,1H3. The molecule has 16 heavy (non-hydrogen) atoms. The van der Waals surface area contributed by atoms with Crippen LogP contribution in [-0.2, 0) is 6.18 Å². The maximum Gasteiger partial charge on any atom is 0.417 e. The van der Waals surface area contributed by atoms with E-state index in [1.54, 1.807) is 18.2 Å². The van der Waals surface area contributed by atoms with E-state index in [1.165, 1.54) is 19.1 Å². The summed E-state index contributed by atoms with van der Waals surface area (Å²) in [4.78, 5) is 0. The van der Waals surface area contributed by atoms with Crippen molar-refractivity contribution in [2.75, 3.05) is 5.73 Å². The molecule has 0 radical (unpaired) electrons. The minimum Gasteiger partial charge on any atom is -0.398 e. The Morgan fingerprint density at radius 1 is 1.06 bits per heavy atom. The van der Waals surface area contributed by atoms with E-state index in [0.29, 0.717) is 11.1 Å². The summed E-state index contributed by atoms with van der Waals surface area (Å²) < 4.78 is 38.6. The maximum absolute atomic E-state index is 12.9. The van der Waals surface area contributed by atoms with E-state index in [0.717, 1.165) is 0 Å². The number of benzene rings is 2. The van der Waals surface area contributed by atoms with Crippen molar-refractivity contribution in [3.63, 3.8) is 0 Å². The van der Waals surface area contributed by atoms with Crippen LogP contribution in [0.2, 0.25) is 0 Å². The molecule has 84 valence electrons. The molecule has 2 N–H and O–H groups in total. The number of rotatable bonds is 0. The number of nitrogens with two attached hydrogens (primary N) is 1. The van der Waals surface area contributed by atoms with Crippen LogP contribution in [0.3, 0.4) is 0 Å². The van der Waals surface area contributed by atoms with E-state index in [4.69, 9.17) is 5.73 Å². The van der Waals surface area contributed by atoms with Gasteiger partial charge in [0.15, 0.2) is 0 Å². The number of aryl methyl sites for hydroxylation is 1. The van der Waals surface area contributed by atoms with Gasteiger partial charge < -0.3 is 5.73 Å². The van der Waals surface area contributed by atoms with Crippen LogP contribution in [0.4, 0.5) is 18.9 Å². The summed E-state index contributed by atoms with van der Waals surface area (Å²) in [5.41, 5.74) is 5.63. The van der Waals surface area contributed by atoms with E-state index in [1.807, 2.05) is 0 Å². The summed E-state index contributed by atoms with van der Waals surface area (Å²) in [6.07, 6.45) is -4.35. The Morgan fingerprint density at radius 3 is 2.19 bits per heavy atom. The van der Waals surface area contributed by atoms with Gasteiger partial charge in [0.1, 0.15) is 0 Å². The van der Waals surface area contributed by atoms with E-state index in [9.17, 15) is 13.2 Å². The highest BCUT2D eigenvalue weighted by molar-refractivity contribution is 5.96. The molecule has 0 saturated heterocycles. The van der Waals surface area contributed by atoms with Crippen LogP contribution in [0.5, 0.6) is 0 Å². The second-order valence-electron chi connectivity index (χ2n) is 3.70. The molecule has 0 aliphatic heterocycles. The van der Waals surface area contributed by atoms with Crippen LogP contribution in [-0.4, -0.2) is 0 Å². The van der Waals surface area contributed by atoms with Gasteiger partial charge in [0.2, 0.25) is 0 Å². The highest BCUT2D eigenvalue weighted by Crippen LogP contribution is 2.39. The number of fused-ring (bicyclic) bond motifs is 1. The summed E-state index contributed by atoms with van der Waals surface area (Å²) in [6.45, 7) is 1.42. The summed E-state index contributed by atoms with van der Waals surface area (Å²) in [7, 11) is 0. The SMILES string of the molecule is Cc1cc(N)c2ccccc2c1C(F)(F)F. The predicted octanol–water partition coefficient (Wildman–Crippen LogP) is 3.75. The first kappa shape index (κ1) is 10.8. The summed E-state index contributed by atoms with van der Waals surface area (Å²) in [6, 6.07) is 7.66. The summed E-state index contributed by atoms with van der Waals surface area (Å²) >= 11 is 0. The number of halogens is 3. The Balaban J connectivity index is 2.93. The summed E-state index contributed by atoms with van der Waals surface area (Å²) in [5, 5.41) is 0.605. The van der Waals surface area contributed by atoms with Crippen LogP contribution in [0.15, 0.2) is 30.3 Å². The van der Waals surface area contributed by atoms with Crippen LogP contribution < -0.4 is 5.73 Å². The van der Waals surface area contributed by atoms with E-state index in [2.05, 4.69) is 0 Å². The van der Waals surface area contributed by atoms with Crippen molar-refractivity contribution in [2.45, 2.75) is 13.1 Å². The Labute approximate surface area is 90.7 Å². The lowest BCUT2D eigenvalue weighted by atomic mass is 9.98. The van der Waals surface area contributed by atoms with Crippen molar-refractivity contribution in [3.05, 3.63) is 41.5 Å². The molecule has 0 amide bonds. The minimum absolute atomic E-state index is 0.156. The molecular formula is C12H10F3N. The molecule has 0 saturated carbocycles. The van der Waals surface area contributed by atoms with Gasteiger partial charge in [-0.15, -0.1) is 0 Å². The molecule has 0 bridgehead atoms. The van der Waals surface area contributed by atoms with Gasteiger partial charge in [0.25, 0.3) is 0 Å². The van der Waals surface area contributed by atoms with Gasteiger partial charge in [0, 0.05) is 11.1 Å². The Bertz CT molecular complexity index is 544. The monoisotopic (exact) mass is 225 g/mol. The van der Waals surface area contributed by atoms with Crippen molar-refractivity contribution in [1.29, 1.82) is 0 Å². The maximum atomic E-state index is 12.9. The molecule has 0 atom stereocenters. The zero-order chi connectivity index (χ0) is 11.9. The lowest BCUT2D eigenvalue weighted by molar-refractivity contribution is -0.136. The van der Waals surface area contributed by atoms with Crippen LogP contribution in [0.1, 0.15) is 11.1 Å². The topological polar surface area (TPSA) is 26.0 Å². The molecule has 0 fully saturated rings. The Hall–Kier alpha value is -1.71. The third-order valence-corrected chi connectivity index (χ3v) is 2.56. The van der Waals surface area contributed by atoms with Gasteiger partial charge in [-0.3, -0.25) is 0 Å². The number of anilines is 1. The molecule has 0 aromatic heterocycles. The highest BCUT2D eigenvalue weighted by atomic mass is 19.4. The fourth-order valence-electron chi connectivity index (χ4n) is 1.92. The largest absolute Gasteiger partial charge is 0.417 e. The molecule has 0 heterocycles. The van der Waals surface area contributed by atoms with Crippen molar-refractivity contribution >= 4 is 16.5 Å². The normalized spacial score (nSPS) is 12.0. The van der Waals surface area contributed by atoms with Crippen LogP contribution >= 0.6 is 0 Å². The molecule has 0 unspecified atom stereocenters. The number of alkyl halides is 3. The molecule has 2 aromatic rings. The first-order chi connectivity index (χ1) is 7.41. The summed E-state index contributed by atoms with van der Waals surface area (Å²) in [5.74, 6) is 0. The van der Waals surface area contributed by atoms with Crippen LogP contribution in [0.25, 0.3) is 10.8 Å². The van der Waals surface area contributed by atoms with Gasteiger partial charge in [-0.2, -0.15) is 13.2 Å². The molecule has 4 heteroatoms. The number of nitrogen functional groups attached to an aromatic ring is 1. The third-order valence-electron chi connectivity index (χ3n) is 2.56. The molecule has 2 aromatic carbocycles. The average molecular weight is 225 g/mol. The van der Waals surface area contributed by atoms with Crippen molar-refractivity contribution in [1.82, 2.24) is 0 Å². The second-order valence-corrected chi connectivity index (χ2v) is 3.70. The molecular weight excluding hydrogens is 215 g/mol. The number of hydrogen-bond donors (Lipinski definition) is 1. The molecule has 2 rings (SSSR count). The predicted molar refractivity (Wildman–Crippen MR) is 58.1 cm³/mol. The molecule has 0 aliphatic rings.